The van der Waals surface area contributed by atoms with Gasteiger partial charge in [-0.3, -0.25) is 10.3 Å². The van der Waals surface area contributed by atoms with Crippen LogP contribution in [-0.4, -0.2) is 23.8 Å². The van der Waals surface area contributed by atoms with E-state index in [0.29, 0.717) is 6.42 Å². The van der Waals surface area contributed by atoms with Crippen LogP contribution in [0.3, 0.4) is 0 Å². The van der Waals surface area contributed by atoms with Gasteiger partial charge in [0.2, 0.25) is 0 Å². The lowest BCUT2D eigenvalue weighted by atomic mass is 10.3. The highest BCUT2D eigenvalue weighted by atomic mass is 79.9. The molecule has 0 saturated heterocycles. The van der Waals surface area contributed by atoms with Crippen LogP contribution < -0.4 is 5.73 Å². The van der Waals surface area contributed by atoms with Crippen molar-refractivity contribution in [3.8, 4) is 0 Å². The summed E-state index contributed by atoms with van der Waals surface area (Å²) < 4.78 is 1.17. The predicted octanol–water partition coefficient (Wildman–Crippen LogP) is 2.66. The molecule has 3 N–H and O–H groups in total. The van der Waals surface area contributed by atoms with E-state index in [-0.39, 0.29) is 5.84 Å². The number of hydrogen-bond donors (Lipinski definition) is 2. The van der Waals surface area contributed by atoms with Crippen LogP contribution in [0.25, 0.3) is 0 Å². The summed E-state index contributed by atoms with van der Waals surface area (Å²) >= 11 is 5.27. The summed E-state index contributed by atoms with van der Waals surface area (Å²) in [4.78, 5) is 3.62. The van der Waals surface area contributed by atoms with Crippen molar-refractivity contribution in [1.29, 1.82) is 5.41 Å². The zero-order valence-electron chi connectivity index (χ0n) is 8.79. The molecule has 0 aromatic carbocycles. The van der Waals surface area contributed by atoms with Gasteiger partial charge in [0.1, 0.15) is 0 Å². The van der Waals surface area contributed by atoms with Gasteiger partial charge in [0.15, 0.2) is 0 Å². The summed E-state index contributed by atoms with van der Waals surface area (Å²) in [6.07, 6.45) is 0.650. The molecule has 1 aromatic rings. The summed E-state index contributed by atoms with van der Waals surface area (Å²) in [6.45, 7) is 4.90. The Hall–Kier alpha value is -0.390. The quantitative estimate of drug-likeness (QED) is 0.625. The SMILES string of the molecule is CCN(CCC(=N)N)Cc1sccc1Br. The Balaban J connectivity index is 2.47. The molecule has 0 spiro atoms. The lowest BCUT2D eigenvalue weighted by molar-refractivity contribution is 0.290. The molecular formula is C10H16BrN3S. The first-order valence-corrected chi connectivity index (χ1v) is 6.58. The van der Waals surface area contributed by atoms with Crippen LogP contribution in [0.15, 0.2) is 15.9 Å². The molecule has 0 amide bonds. The molecule has 0 radical (unpaired) electrons. The molecule has 1 aromatic heterocycles. The first-order valence-electron chi connectivity index (χ1n) is 4.90. The number of halogens is 1. The normalized spacial score (nSPS) is 10.9. The molecule has 0 aliphatic heterocycles. The number of hydrogen-bond acceptors (Lipinski definition) is 3. The minimum atomic E-state index is 0.263. The number of nitrogens with one attached hydrogen (secondary N) is 1. The second kappa shape index (κ2) is 6.25. The first-order chi connectivity index (χ1) is 7.13. The number of nitrogens with zero attached hydrogens (tertiary/aromatic N) is 1. The smallest absolute Gasteiger partial charge is 0.0918 e. The van der Waals surface area contributed by atoms with Crippen LogP contribution in [0.4, 0.5) is 0 Å². The summed E-state index contributed by atoms with van der Waals surface area (Å²) in [5.41, 5.74) is 5.35. The number of amidine groups is 1. The molecule has 1 rings (SSSR count). The highest BCUT2D eigenvalue weighted by Gasteiger charge is 2.07. The van der Waals surface area contributed by atoms with Crippen LogP contribution in [0.2, 0.25) is 0 Å². The second-order valence-corrected chi connectivity index (χ2v) is 5.19. The van der Waals surface area contributed by atoms with E-state index in [0.717, 1.165) is 19.6 Å². The van der Waals surface area contributed by atoms with E-state index >= 15 is 0 Å². The van der Waals surface area contributed by atoms with Gasteiger partial charge in [-0.1, -0.05) is 6.92 Å². The van der Waals surface area contributed by atoms with Gasteiger partial charge < -0.3 is 5.73 Å². The van der Waals surface area contributed by atoms with E-state index in [1.54, 1.807) is 11.3 Å². The molecule has 84 valence electrons. The topological polar surface area (TPSA) is 53.1 Å². The van der Waals surface area contributed by atoms with Crippen LogP contribution in [0.1, 0.15) is 18.2 Å². The third kappa shape index (κ3) is 4.32. The highest BCUT2D eigenvalue weighted by molar-refractivity contribution is 9.10. The molecule has 1 heterocycles. The van der Waals surface area contributed by atoms with Gasteiger partial charge >= 0.3 is 0 Å². The molecular weight excluding hydrogens is 274 g/mol. The van der Waals surface area contributed by atoms with Gasteiger partial charge in [-0.25, -0.2) is 0 Å². The van der Waals surface area contributed by atoms with Crippen molar-refractivity contribution in [2.75, 3.05) is 13.1 Å². The van der Waals surface area contributed by atoms with Crippen molar-refractivity contribution in [3.63, 3.8) is 0 Å². The molecule has 5 heteroatoms. The highest BCUT2D eigenvalue weighted by Crippen LogP contribution is 2.24. The first kappa shape index (κ1) is 12.7. The standard InChI is InChI=1S/C10H16BrN3S/c1-2-14(5-3-10(12)13)7-9-8(11)4-6-15-9/h4,6H,2-3,5,7H2,1H3,(H3,12,13). The number of nitrogens with two attached hydrogens (primary N) is 1. The summed E-state index contributed by atoms with van der Waals surface area (Å²) in [7, 11) is 0. The Morgan fingerprint density at radius 2 is 2.40 bits per heavy atom. The number of rotatable bonds is 6. The molecule has 0 atom stereocenters. The molecule has 0 unspecified atom stereocenters. The van der Waals surface area contributed by atoms with Crippen LogP contribution in [0.5, 0.6) is 0 Å². The largest absolute Gasteiger partial charge is 0.388 e. The Kier molecular flexibility index (Phi) is 5.28. The average Bonchev–Trinajstić information content (AvgIpc) is 2.58. The summed E-state index contributed by atoms with van der Waals surface area (Å²) in [5, 5.41) is 9.28. The maximum atomic E-state index is 7.20. The predicted molar refractivity (Wildman–Crippen MR) is 69.5 cm³/mol. The van der Waals surface area contributed by atoms with Gasteiger partial charge in [-0.2, -0.15) is 0 Å². The lowest BCUT2D eigenvalue weighted by Crippen LogP contribution is -2.27. The molecule has 0 fully saturated rings. The van der Waals surface area contributed by atoms with Gasteiger partial charge in [0, 0.05) is 28.9 Å². The van der Waals surface area contributed by atoms with Gasteiger partial charge in [0.25, 0.3) is 0 Å². The molecule has 0 saturated carbocycles. The van der Waals surface area contributed by atoms with Crippen molar-refractivity contribution < 1.29 is 0 Å². The molecule has 15 heavy (non-hydrogen) atoms. The third-order valence-electron chi connectivity index (χ3n) is 2.20. The Labute approximate surface area is 103 Å². The fourth-order valence-corrected chi connectivity index (χ4v) is 2.79. The second-order valence-electron chi connectivity index (χ2n) is 3.34. The van der Waals surface area contributed by atoms with E-state index in [9.17, 15) is 0 Å². The van der Waals surface area contributed by atoms with Gasteiger partial charge in [-0.15, -0.1) is 11.3 Å². The van der Waals surface area contributed by atoms with E-state index in [2.05, 4.69) is 39.2 Å². The Bertz CT molecular complexity index is 324. The van der Waals surface area contributed by atoms with Crippen molar-refractivity contribution in [1.82, 2.24) is 4.90 Å². The fourth-order valence-electron chi connectivity index (χ4n) is 1.27. The van der Waals surface area contributed by atoms with E-state index in [1.165, 1.54) is 9.35 Å². The minimum absolute atomic E-state index is 0.263. The van der Waals surface area contributed by atoms with Crippen LogP contribution >= 0.6 is 27.3 Å². The van der Waals surface area contributed by atoms with Crippen LogP contribution in [-0.2, 0) is 6.54 Å². The van der Waals surface area contributed by atoms with Gasteiger partial charge in [-0.05, 0) is 33.9 Å². The van der Waals surface area contributed by atoms with Gasteiger partial charge in [0.05, 0.1) is 5.84 Å². The zero-order valence-corrected chi connectivity index (χ0v) is 11.2. The molecule has 3 nitrogen and oxygen atoms in total. The van der Waals surface area contributed by atoms with Crippen molar-refractivity contribution in [2.24, 2.45) is 5.73 Å². The molecule has 0 aliphatic rings. The van der Waals surface area contributed by atoms with E-state index in [4.69, 9.17) is 11.1 Å². The maximum Gasteiger partial charge on any atom is 0.0918 e. The zero-order chi connectivity index (χ0) is 11.3. The van der Waals surface area contributed by atoms with E-state index < -0.39 is 0 Å². The van der Waals surface area contributed by atoms with E-state index in [1.807, 2.05) is 0 Å². The minimum Gasteiger partial charge on any atom is -0.388 e. The molecule has 0 aliphatic carbocycles. The average molecular weight is 290 g/mol. The summed E-state index contributed by atoms with van der Waals surface area (Å²) in [5.74, 6) is 0.263. The Morgan fingerprint density at radius 3 is 2.87 bits per heavy atom. The molecule has 0 bridgehead atoms. The lowest BCUT2D eigenvalue weighted by Gasteiger charge is -2.19. The monoisotopic (exact) mass is 289 g/mol. The van der Waals surface area contributed by atoms with Crippen molar-refractivity contribution in [3.05, 3.63) is 20.8 Å². The van der Waals surface area contributed by atoms with Crippen LogP contribution in [0, 0.1) is 5.41 Å². The maximum absolute atomic E-state index is 7.20. The van der Waals surface area contributed by atoms with Crippen molar-refractivity contribution >= 4 is 33.1 Å². The fraction of sp³-hybridized carbons (Fsp3) is 0.500. The third-order valence-corrected chi connectivity index (χ3v) is 4.11. The Morgan fingerprint density at radius 1 is 1.67 bits per heavy atom. The van der Waals surface area contributed by atoms with Crippen molar-refractivity contribution in [2.45, 2.75) is 19.9 Å². The number of thiophene rings is 1. The summed E-state index contributed by atoms with van der Waals surface area (Å²) in [6, 6.07) is 2.07.